The topological polar surface area (TPSA) is 68.8 Å². The summed E-state index contributed by atoms with van der Waals surface area (Å²) in [6, 6.07) is 20.4. The highest BCUT2D eigenvalue weighted by molar-refractivity contribution is 14.0. The van der Waals surface area contributed by atoms with Crippen molar-refractivity contribution in [1.82, 2.24) is 20.9 Å². The van der Waals surface area contributed by atoms with E-state index < -0.39 is 0 Å². The van der Waals surface area contributed by atoms with Crippen LogP contribution in [0.15, 0.2) is 59.6 Å². The Bertz CT molecular complexity index is 921. The van der Waals surface area contributed by atoms with E-state index in [1.54, 1.807) is 7.05 Å². The lowest BCUT2D eigenvalue weighted by atomic mass is 9.96. The van der Waals surface area contributed by atoms with E-state index in [1.165, 1.54) is 18.4 Å². The van der Waals surface area contributed by atoms with Crippen molar-refractivity contribution in [3.8, 4) is 0 Å². The Morgan fingerprint density at radius 1 is 1.03 bits per heavy atom. The van der Waals surface area contributed by atoms with Crippen LogP contribution >= 0.6 is 24.0 Å². The maximum absolute atomic E-state index is 11.8. The average Bonchev–Trinajstić information content (AvgIpc) is 3.05. The van der Waals surface area contributed by atoms with E-state index in [2.05, 4.69) is 62.2 Å². The molecule has 2 aromatic carbocycles. The molecule has 0 radical (unpaired) electrons. The zero-order valence-corrected chi connectivity index (χ0v) is 21.9. The van der Waals surface area contributed by atoms with Crippen LogP contribution in [0.3, 0.4) is 0 Å². The highest BCUT2D eigenvalue weighted by atomic mass is 127. The Hall–Kier alpha value is -2.13. The number of carbonyl (C=O) groups is 1. The van der Waals surface area contributed by atoms with E-state index in [1.807, 2.05) is 25.2 Å². The van der Waals surface area contributed by atoms with Crippen molar-refractivity contribution < 1.29 is 4.79 Å². The number of rotatable bonds is 7. The molecule has 178 valence electrons. The zero-order chi connectivity index (χ0) is 22.3. The van der Waals surface area contributed by atoms with Crippen molar-refractivity contribution >= 4 is 35.8 Å². The summed E-state index contributed by atoms with van der Waals surface area (Å²) < 4.78 is 0. The monoisotopic (exact) mass is 561 g/mol. The predicted octanol–water partition coefficient (Wildman–Crippen LogP) is 3.57. The second-order valence-electron chi connectivity index (χ2n) is 8.88. The number of halogens is 1. The molecule has 0 spiro atoms. The second-order valence-corrected chi connectivity index (χ2v) is 8.88. The fraction of sp³-hybridized carbons (Fsp3) is 0.462. The normalized spacial score (nSPS) is 22.4. The molecule has 2 aliphatic heterocycles. The van der Waals surface area contributed by atoms with Gasteiger partial charge in [0.05, 0.1) is 0 Å². The van der Waals surface area contributed by atoms with Gasteiger partial charge in [-0.05, 0) is 55.4 Å². The molecule has 0 aliphatic carbocycles. The molecule has 2 saturated heterocycles. The first-order valence-electron chi connectivity index (χ1n) is 11.7. The maximum atomic E-state index is 11.8. The molecule has 3 N–H and O–H groups in total. The van der Waals surface area contributed by atoms with Gasteiger partial charge in [-0.3, -0.25) is 14.7 Å². The van der Waals surface area contributed by atoms with Crippen LogP contribution in [-0.4, -0.2) is 55.5 Å². The van der Waals surface area contributed by atoms with Crippen LogP contribution in [0, 0.1) is 0 Å². The Labute approximate surface area is 214 Å². The van der Waals surface area contributed by atoms with Crippen LogP contribution < -0.4 is 16.0 Å². The molecule has 2 bridgehead atoms. The van der Waals surface area contributed by atoms with Crippen molar-refractivity contribution in [1.29, 1.82) is 0 Å². The van der Waals surface area contributed by atoms with Gasteiger partial charge in [0, 0.05) is 50.9 Å². The second kappa shape index (κ2) is 12.4. The van der Waals surface area contributed by atoms with Gasteiger partial charge in [0.1, 0.15) is 0 Å². The van der Waals surface area contributed by atoms with E-state index in [-0.39, 0.29) is 29.9 Å². The highest BCUT2D eigenvalue weighted by Crippen LogP contribution is 2.36. The third-order valence-electron chi connectivity index (χ3n) is 6.78. The fourth-order valence-corrected chi connectivity index (χ4v) is 5.17. The number of nitrogens with zero attached hydrogens (tertiary/aromatic N) is 2. The van der Waals surface area contributed by atoms with Crippen molar-refractivity contribution in [2.45, 2.75) is 56.8 Å². The SMILES string of the molecule is CN=C(NCCc1cccc(C(=O)NC)c1)NC1CC2CCC(C1)N2Cc1ccccc1.I. The molecule has 2 aliphatic rings. The van der Waals surface area contributed by atoms with E-state index >= 15 is 0 Å². The van der Waals surface area contributed by atoms with E-state index in [0.717, 1.165) is 43.9 Å². The minimum Gasteiger partial charge on any atom is -0.356 e. The lowest BCUT2D eigenvalue weighted by Crippen LogP contribution is -2.52. The van der Waals surface area contributed by atoms with Crippen LogP contribution in [0.4, 0.5) is 0 Å². The number of benzene rings is 2. The summed E-state index contributed by atoms with van der Waals surface area (Å²) in [4.78, 5) is 19.0. The molecule has 1 amide bonds. The van der Waals surface area contributed by atoms with Gasteiger partial charge in [0.2, 0.25) is 0 Å². The first-order chi connectivity index (χ1) is 15.7. The molecule has 2 atom stereocenters. The van der Waals surface area contributed by atoms with E-state index in [9.17, 15) is 4.79 Å². The Kier molecular flexibility index (Phi) is 9.55. The Balaban J connectivity index is 0.00000306. The Morgan fingerprint density at radius 3 is 2.39 bits per heavy atom. The first-order valence-corrected chi connectivity index (χ1v) is 11.7. The number of aliphatic imine (C=N–C) groups is 1. The van der Waals surface area contributed by atoms with Gasteiger partial charge in [-0.15, -0.1) is 24.0 Å². The van der Waals surface area contributed by atoms with Crippen LogP contribution in [0.1, 0.15) is 47.2 Å². The summed E-state index contributed by atoms with van der Waals surface area (Å²) in [5.74, 6) is 0.818. The number of hydrogen-bond acceptors (Lipinski definition) is 3. The predicted molar refractivity (Wildman–Crippen MR) is 145 cm³/mol. The third kappa shape index (κ3) is 6.69. The molecular weight excluding hydrogens is 525 g/mol. The molecular formula is C26H36IN5O. The summed E-state index contributed by atoms with van der Waals surface area (Å²) in [6.07, 6.45) is 5.76. The average molecular weight is 562 g/mol. The van der Waals surface area contributed by atoms with E-state index in [0.29, 0.717) is 23.7 Å². The molecule has 0 aromatic heterocycles. The summed E-state index contributed by atoms with van der Waals surface area (Å²) >= 11 is 0. The number of fused-ring (bicyclic) bond motifs is 2. The third-order valence-corrected chi connectivity index (χ3v) is 6.78. The zero-order valence-electron chi connectivity index (χ0n) is 19.6. The van der Waals surface area contributed by atoms with Crippen LogP contribution in [0.25, 0.3) is 0 Å². The molecule has 6 nitrogen and oxygen atoms in total. The van der Waals surface area contributed by atoms with Crippen molar-refractivity contribution in [3.05, 3.63) is 71.3 Å². The quantitative estimate of drug-likeness (QED) is 0.275. The summed E-state index contributed by atoms with van der Waals surface area (Å²) in [5.41, 5.74) is 3.25. The van der Waals surface area contributed by atoms with Gasteiger partial charge in [-0.2, -0.15) is 0 Å². The number of piperidine rings is 1. The lowest BCUT2D eigenvalue weighted by molar-refractivity contribution is 0.0963. The minimum atomic E-state index is -0.0504. The molecule has 2 fully saturated rings. The molecule has 0 saturated carbocycles. The molecule has 33 heavy (non-hydrogen) atoms. The van der Waals surface area contributed by atoms with Crippen molar-refractivity contribution in [2.24, 2.45) is 4.99 Å². The van der Waals surface area contributed by atoms with Gasteiger partial charge < -0.3 is 16.0 Å². The highest BCUT2D eigenvalue weighted by Gasteiger charge is 2.40. The van der Waals surface area contributed by atoms with Gasteiger partial charge in [-0.25, -0.2) is 0 Å². The molecule has 2 aromatic rings. The molecule has 2 heterocycles. The van der Waals surface area contributed by atoms with Gasteiger partial charge in [0.15, 0.2) is 5.96 Å². The summed E-state index contributed by atoms with van der Waals surface area (Å²) in [7, 11) is 3.49. The summed E-state index contributed by atoms with van der Waals surface area (Å²) in [6.45, 7) is 1.83. The van der Waals surface area contributed by atoms with Gasteiger partial charge in [-0.1, -0.05) is 42.5 Å². The number of carbonyl (C=O) groups excluding carboxylic acids is 1. The van der Waals surface area contributed by atoms with Crippen LogP contribution in [-0.2, 0) is 13.0 Å². The molecule has 7 heteroatoms. The summed E-state index contributed by atoms with van der Waals surface area (Å²) in [5, 5.41) is 9.80. The van der Waals surface area contributed by atoms with Crippen molar-refractivity contribution in [2.75, 3.05) is 20.6 Å². The fourth-order valence-electron chi connectivity index (χ4n) is 5.17. The largest absolute Gasteiger partial charge is 0.356 e. The standard InChI is InChI=1S/C26H35N5O.HI/c1-27-25(32)21-10-6-9-19(15-21)13-14-29-26(28-2)30-22-16-23-11-12-24(17-22)31(23)18-20-7-4-3-5-8-20;/h3-10,15,22-24H,11-14,16-18H2,1-2H3,(H,27,32)(H2,28,29,30);1H. The van der Waals surface area contributed by atoms with Gasteiger partial charge in [0.25, 0.3) is 5.91 Å². The smallest absolute Gasteiger partial charge is 0.251 e. The van der Waals surface area contributed by atoms with Crippen LogP contribution in [0.2, 0.25) is 0 Å². The number of guanidine groups is 1. The van der Waals surface area contributed by atoms with Gasteiger partial charge >= 0.3 is 0 Å². The molecule has 2 unspecified atom stereocenters. The minimum absolute atomic E-state index is 0. The number of amides is 1. The van der Waals surface area contributed by atoms with Crippen LogP contribution in [0.5, 0.6) is 0 Å². The molecule has 4 rings (SSSR count). The maximum Gasteiger partial charge on any atom is 0.251 e. The first kappa shape index (κ1) is 25.5. The number of hydrogen-bond donors (Lipinski definition) is 3. The Morgan fingerprint density at radius 2 is 1.73 bits per heavy atom. The van der Waals surface area contributed by atoms with Crippen molar-refractivity contribution in [3.63, 3.8) is 0 Å². The van der Waals surface area contributed by atoms with E-state index in [4.69, 9.17) is 0 Å². The lowest BCUT2D eigenvalue weighted by Gasteiger charge is -2.39. The number of nitrogens with one attached hydrogen (secondary N) is 3.